The zero-order valence-corrected chi connectivity index (χ0v) is 10.3. The molecule has 1 aromatic heterocycles. The molecule has 2 aromatic rings. The Morgan fingerprint density at radius 3 is 2.71 bits per heavy atom. The summed E-state index contributed by atoms with van der Waals surface area (Å²) in [7, 11) is 0. The maximum absolute atomic E-state index is 10.6. The van der Waals surface area contributed by atoms with Crippen LogP contribution in [0.3, 0.4) is 0 Å². The second-order valence-corrected chi connectivity index (χ2v) is 4.21. The molecule has 86 valence electrons. The second kappa shape index (κ2) is 4.97. The average molecular weight is 293 g/mol. The van der Waals surface area contributed by atoms with Crippen molar-refractivity contribution in [3.05, 3.63) is 52.8 Å². The van der Waals surface area contributed by atoms with Gasteiger partial charge in [-0.3, -0.25) is 0 Å². The van der Waals surface area contributed by atoms with Gasteiger partial charge >= 0.3 is 5.97 Å². The third-order valence-electron chi connectivity index (χ3n) is 2.12. The summed E-state index contributed by atoms with van der Waals surface area (Å²) in [6, 6.07) is 9.60. The first-order valence-corrected chi connectivity index (χ1v) is 5.67. The highest BCUT2D eigenvalue weighted by atomic mass is 79.9. The van der Waals surface area contributed by atoms with Crippen LogP contribution in [-0.2, 0) is 4.79 Å². The first-order chi connectivity index (χ1) is 8.16. The molecule has 1 N–H and O–H groups in total. The van der Waals surface area contributed by atoms with E-state index in [2.05, 4.69) is 21.0 Å². The lowest BCUT2D eigenvalue weighted by Gasteiger charge is -1.98. The normalized spacial score (nSPS) is 11.5. The van der Waals surface area contributed by atoms with Gasteiger partial charge in [-0.2, -0.15) is 5.10 Å². The van der Waals surface area contributed by atoms with Crippen LogP contribution in [0, 0.1) is 0 Å². The Labute approximate surface area is 106 Å². The quantitative estimate of drug-likeness (QED) is 0.885. The molecule has 0 aliphatic rings. The van der Waals surface area contributed by atoms with E-state index in [0.717, 1.165) is 11.3 Å². The summed E-state index contributed by atoms with van der Waals surface area (Å²) in [6.45, 7) is 0. The van der Waals surface area contributed by atoms with Crippen molar-refractivity contribution < 1.29 is 9.90 Å². The number of hydrogen-bond acceptors (Lipinski definition) is 2. The molecule has 0 saturated carbocycles. The molecule has 0 unspecified atom stereocenters. The molecule has 0 saturated heterocycles. The number of benzene rings is 1. The lowest BCUT2D eigenvalue weighted by Crippen LogP contribution is -1.93. The first kappa shape index (κ1) is 11.6. The van der Waals surface area contributed by atoms with Gasteiger partial charge in [0.1, 0.15) is 4.48 Å². The molecule has 17 heavy (non-hydrogen) atoms. The number of para-hydroxylation sites is 1. The van der Waals surface area contributed by atoms with Crippen molar-refractivity contribution in [1.82, 2.24) is 9.78 Å². The summed E-state index contributed by atoms with van der Waals surface area (Å²) in [6.07, 6.45) is 4.88. The maximum atomic E-state index is 10.6. The molecule has 5 heteroatoms. The van der Waals surface area contributed by atoms with E-state index in [1.165, 1.54) is 6.08 Å². The van der Waals surface area contributed by atoms with Crippen LogP contribution in [0.2, 0.25) is 0 Å². The molecular formula is C12H9BrN2O2. The van der Waals surface area contributed by atoms with Crippen LogP contribution in [-0.4, -0.2) is 20.9 Å². The molecule has 2 rings (SSSR count). The maximum Gasteiger partial charge on any atom is 0.342 e. The second-order valence-electron chi connectivity index (χ2n) is 3.35. The number of halogens is 1. The number of hydrogen-bond donors (Lipinski definition) is 1. The van der Waals surface area contributed by atoms with Gasteiger partial charge in [-0.1, -0.05) is 18.2 Å². The molecule has 0 aliphatic carbocycles. The van der Waals surface area contributed by atoms with Crippen LogP contribution >= 0.6 is 15.9 Å². The van der Waals surface area contributed by atoms with Crippen molar-refractivity contribution in [3.63, 3.8) is 0 Å². The monoisotopic (exact) mass is 292 g/mol. The molecule has 4 nitrogen and oxygen atoms in total. The fraction of sp³-hybridized carbons (Fsp3) is 0. The van der Waals surface area contributed by atoms with Crippen LogP contribution in [0.15, 0.2) is 47.2 Å². The molecule has 0 aliphatic heterocycles. The van der Waals surface area contributed by atoms with Gasteiger partial charge in [-0.15, -0.1) is 0 Å². The summed E-state index contributed by atoms with van der Waals surface area (Å²) >= 11 is 2.97. The SMILES string of the molecule is O=C(O)C(Br)=Cc1cnn(-c2ccccc2)c1. The van der Waals surface area contributed by atoms with E-state index in [1.54, 1.807) is 17.1 Å². The van der Waals surface area contributed by atoms with E-state index in [9.17, 15) is 4.79 Å². The molecule has 1 heterocycles. The third-order valence-corrected chi connectivity index (χ3v) is 2.69. The van der Waals surface area contributed by atoms with Crippen LogP contribution in [0.1, 0.15) is 5.56 Å². The Balaban J connectivity index is 2.29. The fourth-order valence-electron chi connectivity index (χ4n) is 1.34. The molecular weight excluding hydrogens is 284 g/mol. The Hall–Kier alpha value is -1.88. The topological polar surface area (TPSA) is 55.1 Å². The standard InChI is InChI=1S/C12H9BrN2O2/c13-11(12(16)17)6-9-7-14-15(8-9)10-4-2-1-3-5-10/h1-8H,(H,16,17). The summed E-state index contributed by atoms with van der Waals surface area (Å²) < 4.78 is 1.79. The molecule has 0 bridgehead atoms. The molecule has 1 aromatic carbocycles. The summed E-state index contributed by atoms with van der Waals surface area (Å²) in [5.41, 5.74) is 1.65. The first-order valence-electron chi connectivity index (χ1n) is 4.87. The van der Waals surface area contributed by atoms with Gasteiger partial charge in [0.05, 0.1) is 11.9 Å². The van der Waals surface area contributed by atoms with E-state index in [0.29, 0.717) is 0 Å². The summed E-state index contributed by atoms with van der Waals surface area (Å²) in [5, 5.41) is 12.9. The largest absolute Gasteiger partial charge is 0.477 e. The molecule has 0 fully saturated rings. The molecule has 0 atom stereocenters. The van der Waals surface area contributed by atoms with E-state index in [1.807, 2.05) is 30.3 Å². The van der Waals surface area contributed by atoms with Crippen LogP contribution in [0.4, 0.5) is 0 Å². The van der Waals surface area contributed by atoms with E-state index in [-0.39, 0.29) is 4.48 Å². The zero-order chi connectivity index (χ0) is 12.3. The highest BCUT2D eigenvalue weighted by Crippen LogP contribution is 2.13. The van der Waals surface area contributed by atoms with Gasteiger partial charge in [0.15, 0.2) is 0 Å². The van der Waals surface area contributed by atoms with Crippen LogP contribution in [0.25, 0.3) is 11.8 Å². The van der Waals surface area contributed by atoms with Gasteiger partial charge in [-0.05, 0) is 34.1 Å². The van der Waals surface area contributed by atoms with E-state index in [4.69, 9.17) is 5.11 Å². The van der Waals surface area contributed by atoms with Crippen molar-refractivity contribution in [3.8, 4) is 5.69 Å². The minimum absolute atomic E-state index is 0.102. The number of carboxylic acids is 1. The zero-order valence-electron chi connectivity index (χ0n) is 8.75. The fourth-order valence-corrected chi connectivity index (χ4v) is 1.61. The minimum Gasteiger partial charge on any atom is -0.477 e. The van der Waals surface area contributed by atoms with Crippen molar-refractivity contribution in [2.45, 2.75) is 0 Å². The van der Waals surface area contributed by atoms with Gasteiger partial charge < -0.3 is 5.11 Å². The van der Waals surface area contributed by atoms with Crippen molar-refractivity contribution in [1.29, 1.82) is 0 Å². The number of carboxylic acid groups (broad SMARTS) is 1. The highest BCUT2D eigenvalue weighted by Gasteiger charge is 2.04. The van der Waals surface area contributed by atoms with Gasteiger partial charge in [0, 0.05) is 11.8 Å². The summed E-state index contributed by atoms with van der Waals surface area (Å²) in [4.78, 5) is 10.6. The van der Waals surface area contributed by atoms with Crippen LogP contribution < -0.4 is 0 Å². The number of aromatic nitrogens is 2. The Morgan fingerprint density at radius 2 is 2.06 bits per heavy atom. The lowest BCUT2D eigenvalue weighted by atomic mass is 10.3. The molecule has 0 spiro atoms. The van der Waals surface area contributed by atoms with Crippen molar-refractivity contribution in [2.24, 2.45) is 0 Å². The predicted octanol–water partition coefficient (Wildman–Crippen LogP) is 2.69. The highest BCUT2D eigenvalue weighted by molar-refractivity contribution is 9.12. The van der Waals surface area contributed by atoms with Gasteiger partial charge in [-0.25, -0.2) is 9.48 Å². The Bertz CT molecular complexity index is 561. The Morgan fingerprint density at radius 1 is 1.35 bits per heavy atom. The molecule has 0 amide bonds. The number of nitrogens with zero attached hydrogens (tertiary/aromatic N) is 2. The Kier molecular flexibility index (Phi) is 3.39. The minimum atomic E-state index is -1.00. The third kappa shape index (κ3) is 2.82. The smallest absolute Gasteiger partial charge is 0.342 e. The van der Waals surface area contributed by atoms with Crippen molar-refractivity contribution >= 4 is 28.0 Å². The van der Waals surface area contributed by atoms with E-state index < -0.39 is 5.97 Å². The lowest BCUT2D eigenvalue weighted by molar-refractivity contribution is -0.131. The predicted molar refractivity (Wildman–Crippen MR) is 68.1 cm³/mol. The van der Waals surface area contributed by atoms with E-state index >= 15 is 0 Å². The average Bonchev–Trinajstić information content (AvgIpc) is 2.78. The van der Waals surface area contributed by atoms with Gasteiger partial charge in [0.2, 0.25) is 0 Å². The summed E-state index contributed by atoms with van der Waals surface area (Å²) in [5.74, 6) is -1.00. The van der Waals surface area contributed by atoms with Crippen molar-refractivity contribution in [2.75, 3.05) is 0 Å². The van der Waals surface area contributed by atoms with Crippen LogP contribution in [0.5, 0.6) is 0 Å². The van der Waals surface area contributed by atoms with Gasteiger partial charge in [0.25, 0.3) is 0 Å². The number of carbonyl (C=O) groups is 1. The molecule has 0 radical (unpaired) electrons. The number of rotatable bonds is 3. The number of aliphatic carboxylic acids is 1.